The van der Waals surface area contributed by atoms with E-state index in [0.717, 1.165) is 38.2 Å². The van der Waals surface area contributed by atoms with E-state index < -0.39 is 0 Å². The van der Waals surface area contributed by atoms with E-state index in [4.69, 9.17) is 4.74 Å². The summed E-state index contributed by atoms with van der Waals surface area (Å²) in [5.74, 6) is 1.84. The highest BCUT2D eigenvalue weighted by atomic mass is 16.5. The summed E-state index contributed by atoms with van der Waals surface area (Å²) in [4.78, 5) is 14.6. The van der Waals surface area contributed by atoms with Crippen molar-refractivity contribution in [3.63, 3.8) is 0 Å². The second-order valence-corrected chi connectivity index (χ2v) is 6.06. The standard InChI is InChI=1S/C17H24N2O2/c1-21-15-7-4-13(5-8-15)6-9-17(20)19-10-2-3-14-11-18-12-16(14)19/h4-5,7-8,14,16,18H,2-3,6,9-12H2,1H3. The summed E-state index contributed by atoms with van der Waals surface area (Å²) in [6.07, 6.45) is 3.83. The Morgan fingerprint density at radius 1 is 1.33 bits per heavy atom. The molecule has 4 nitrogen and oxygen atoms in total. The van der Waals surface area contributed by atoms with Crippen LogP contribution in [0.3, 0.4) is 0 Å². The van der Waals surface area contributed by atoms with E-state index in [-0.39, 0.29) is 0 Å². The lowest BCUT2D eigenvalue weighted by molar-refractivity contribution is -0.135. The number of hydrogen-bond acceptors (Lipinski definition) is 3. The van der Waals surface area contributed by atoms with E-state index in [1.165, 1.54) is 12.0 Å². The van der Waals surface area contributed by atoms with Gasteiger partial charge in [-0.1, -0.05) is 12.1 Å². The second-order valence-electron chi connectivity index (χ2n) is 6.06. The lowest BCUT2D eigenvalue weighted by Gasteiger charge is -2.37. The molecule has 0 saturated carbocycles. The van der Waals surface area contributed by atoms with Crippen LogP contribution >= 0.6 is 0 Å². The number of fused-ring (bicyclic) bond motifs is 1. The molecule has 2 heterocycles. The third kappa shape index (κ3) is 3.21. The van der Waals surface area contributed by atoms with Gasteiger partial charge in [-0.3, -0.25) is 4.79 Å². The Morgan fingerprint density at radius 2 is 2.14 bits per heavy atom. The zero-order valence-electron chi connectivity index (χ0n) is 12.7. The van der Waals surface area contributed by atoms with Gasteiger partial charge >= 0.3 is 0 Å². The number of rotatable bonds is 4. The minimum atomic E-state index is 0.309. The molecule has 2 fully saturated rings. The second kappa shape index (κ2) is 6.48. The molecule has 0 aromatic heterocycles. The van der Waals surface area contributed by atoms with Crippen LogP contribution in [-0.4, -0.2) is 43.6 Å². The monoisotopic (exact) mass is 288 g/mol. The van der Waals surface area contributed by atoms with Crippen LogP contribution in [0.1, 0.15) is 24.8 Å². The van der Waals surface area contributed by atoms with Crippen LogP contribution in [0.25, 0.3) is 0 Å². The van der Waals surface area contributed by atoms with Gasteiger partial charge in [-0.15, -0.1) is 0 Å². The summed E-state index contributed by atoms with van der Waals surface area (Å²) in [7, 11) is 1.67. The third-order valence-corrected chi connectivity index (χ3v) is 4.79. The largest absolute Gasteiger partial charge is 0.497 e. The lowest BCUT2D eigenvalue weighted by atomic mass is 9.91. The van der Waals surface area contributed by atoms with Gasteiger partial charge in [0.25, 0.3) is 0 Å². The summed E-state index contributed by atoms with van der Waals surface area (Å²) in [6, 6.07) is 8.43. The highest BCUT2D eigenvalue weighted by Crippen LogP contribution is 2.27. The molecule has 0 aliphatic carbocycles. The van der Waals surface area contributed by atoms with Gasteiger partial charge in [0.15, 0.2) is 0 Å². The van der Waals surface area contributed by atoms with Crippen LogP contribution in [0.5, 0.6) is 5.75 Å². The van der Waals surface area contributed by atoms with Gasteiger partial charge in [0, 0.05) is 32.1 Å². The number of hydrogen-bond donors (Lipinski definition) is 1. The molecule has 21 heavy (non-hydrogen) atoms. The van der Waals surface area contributed by atoms with E-state index in [9.17, 15) is 4.79 Å². The molecular weight excluding hydrogens is 264 g/mol. The quantitative estimate of drug-likeness (QED) is 0.919. The van der Waals surface area contributed by atoms with Crippen LogP contribution in [0.4, 0.5) is 0 Å². The Balaban J connectivity index is 1.55. The molecule has 1 amide bonds. The molecule has 2 aliphatic heterocycles. The molecule has 0 spiro atoms. The highest BCUT2D eigenvalue weighted by Gasteiger charge is 2.36. The van der Waals surface area contributed by atoms with Gasteiger partial charge < -0.3 is 15.0 Å². The van der Waals surface area contributed by atoms with E-state index >= 15 is 0 Å². The molecule has 0 bridgehead atoms. The number of carbonyl (C=O) groups excluding carboxylic acids is 1. The van der Waals surface area contributed by atoms with Crippen molar-refractivity contribution in [2.24, 2.45) is 5.92 Å². The Morgan fingerprint density at radius 3 is 2.90 bits per heavy atom. The van der Waals surface area contributed by atoms with Crippen molar-refractivity contribution < 1.29 is 9.53 Å². The van der Waals surface area contributed by atoms with Crippen molar-refractivity contribution in [3.8, 4) is 5.75 Å². The molecule has 2 aliphatic rings. The lowest BCUT2D eigenvalue weighted by Crippen LogP contribution is -2.48. The number of nitrogens with one attached hydrogen (secondary N) is 1. The molecule has 114 valence electrons. The van der Waals surface area contributed by atoms with Crippen molar-refractivity contribution in [2.75, 3.05) is 26.7 Å². The topological polar surface area (TPSA) is 41.6 Å². The molecule has 1 N–H and O–H groups in total. The van der Waals surface area contributed by atoms with Gasteiger partial charge in [-0.05, 0) is 42.9 Å². The molecule has 2 atom stereocenters. The number of likely N-dealkylation sites (tertiary alicyclic amines) is 1. The number of methoxy groups -OCH3 is 1. The number of benzene rings is 1. The van der Waals surface area contributed by atoms with Crippen molar-refractivity contribution in [3.05, 3.63) is 29.8 Å². The SMILES string of the molecule is COc1ccc(CCC(=O)N2CCCC3CNCC32)cc1. The van der Waals surface area contributed by atoms with Crippen molar-refractivity contribution in [1.82, 2.24) is 10.2 Å². The zero-order valence-corrected chi connectivity index (χ0v) is 12.7. The van der Waals surface area contributed by atoms with E-state index in [2.05, 4.69) is 10.2 Å². The predicted molar refractivity (Wildman–Crippen MR) is 82.4 cm³/mol. The molecule has 4 heteroatoms. The van der Waals surface area contributed by atoms with Crippen molar-refractivity contribution in [1.29, 1.82) is 0 Å². The van der Waals surface area contributed by atoms with Gasteiger partial charge in [-0.25, -0.2) is 0 Å². The van der Waals surface area contributed by atoms with Crippen LogP contribution in [0.15, 0.2) is 24.3 Å². The zero-order chi connectivity index (χ0) is 14.7. The van der Waals surface area contributed by atoms with Crippen molar-refractivity contribution >= 4 is 5.91 Å². The first kappa shape index (κ1) is 14.4. The summed E-state index contributed by atoms with van der Waals surface area (Å²) in [6.45, 7) is 2.98. The first-order valence-corrected chi connectivity index (χ1v) is 7.91. The van der Waals surface area contributed by atoms with Crippen LogP contribution < -0.4 is 10.1 Å². The maximum atomic E-state index is 12.5. The molecular formula is C17H24N2O2. The first-order chi connectivity index (χ1) is 10.3. The van der Waals surface area contributed by atoms with Gasteiger partial charge in [0.1, 0.15) is 5.75 Å². The molecule has 3 rings (SSSR count). The smallest absolute Gasteiger partial charge is 0.223 e. The molecule has 2 unspecified atom stereocenters. The average molecular weight is 288 g/mol. The number of amides is 1. The number of ether oxygens (including phenoxy) is 1. The highest BCUT2D eigenvalue weighted by molar-refractivity contribution is 5.77. The summed E-state index contributed by atoms with van der Waals surface area (Å²) >= 11 is 0. The summed E-state index contributed by atoms with van der Waals surface area (Å²) < 4.78 is 5.16. The minimum Gasteiger partial charge on any atom is -0.497 e. The molecule has 1 aromatic rings. The van der Waals surface area contributed by atoms with Gasteiger partial charge in [0.2, 0.25) is 5.91 Å². The Bertz CT molecular complexity index is 486. The van der Waals surface area contributed by atoms with Gasteiger partial charge in [0.05, 0.1) is 7.11 Å². The number of aryl methyl sites for hydroxylation is 1. The number of nitrogens with zero attached hydrogens (tertiary/aromatic N) is 1. The minimum absolute atomic E-state index is 0.309. The Kier molecular flexibility index (Phi) is 4.44. The summed E-state index contributed by atoms with van der Waals surface area (Å²) in [5.41, 5.74) is 1.20. The summed E-state index contributed by atoms with van der Waals surface area (Å²) in [5, 5.41) is 3.43. The Hall–Kier alpha value is -1.55. The number of carbonyl (C=O) groups is 1. The van der Waals surface area contributed by atoms with E-state index in [1.807, 2.05) is 24.3 Å². The van der Waals surface area contributed by atoms with E-state index in [0.29, 0.717) is 24.3 Å². The maximum absolute atomic E-state index is 12.5. The van der Waals surface area contributed by atoms with Crippen LogP contribution in [0.2, 0.25) is 0 Å². The number of piperidine rings is 1. The maximum Gasteiger partial charge on any atom is 0.223 e. The Labute approximate surface area is 126 Å². The fourth-order valence-electron chi connectivity index (χ4n) is 3.56. The van der Waals surface area contributed by atoms with Crippen molar-refractivity contribution in [2.45, 2.75) is 31.7 Å². The van der Waals surface area contributed by atoms with Crippen LogP contribution in [-0.2, 0) is 11.2 Å². The molecule has 2 saturated heterocycles. The first-order valence-electron chi connectivity index (χ1n) is 7.91. The van der Waals surface area contributed by atoms with E-state index in [1.54, 1.807) is 7.11 Å². The molecule has 0 radical (unpaired) electrons. The molecule has 1 aromatic carbocycles. The average Bonchev–Trinajstić information content (AvgIpc) is 3.01. The normalized spacial score (nSPS) is 24.7. The fraction of sp³-hybridized carbons (Fsp3) is 0.588. The van der Waals surface area contributed by atoms with Crippen LogP contribution in [0, 0.1) is 5.92 Å². The predicted octanol–water partition coefficient (Wildman–Crippen LogP) is 1.84. The third-order valence-electron chi connectivity index (χ3n) is 4.79. The van der Waals surface area contributed by atoms with Gasteiger partial charge in [-0.2, -0.15) is 0 Å². The fourth-order valence-corrected chi connectivity index (χ4v) is 3.56.